The van der Waals surface area contributed by atoms with E-state index in [0.29, 0.717) is 5.56 Å². The lowest BCUT2D eigenvalue weighted by Crippen LogP contribution is -1.97. The molecule has 100 valence electrons. The van der Waals surface area contributed by atoms with Crippen LogP contribution in [0, 0.1) is 6.92 Å². The maximum atomic E-state index is 12.1. The number of halogens is 1. The summed E-state index contributed by atoms with van der Waals surface area (Å²) in [5.74, 6) is -0.0506. The van der Waals surface area contributed by atoms with Gasteiger partial charge in [-0.2, -0.15) is 10.2 Å². The van der Waals surface area contributed by atoms with E-state index in [1.807, 2.05) is 20.9 Å². The average Bonchev–Trinajstić information content (AvgIpc) is 2.91. The summed E-state index contributed by atoms with van der Waals surface area (Å²) in [6.45, 7) is 4.58. The van der Waals surface area contributed by atoms with Gasteiger partial charge in [0.25, 0.3) is 0 Å². The molecular weight excluding hydrogens is 308 g/mol. The van der Waals surface area contributed by atoms with Gasteiger partial charge >= 0.3 is 0 Å². The van der Waals surface area contributed by atoms with Crippen molar-refractivity contribution >= 4 is 27.8 Å². The molecule has 2 aromatic heterocycles. The molecule has 0 aromatic carbocycles. The number of nitrogens with zero attached hydrogens (tertiary/aromatic N) is 4. The minimum absolute atomic E-state index is 0.0506. The third-order valence-electron chi connectivity index (χ3n) is 2.87. The summed E-state index contributed by atoms with van der Waals surface area (Å²) >= 11 is 3.39. The Hall–Kier alpha value is -1.69. The van der Waals surface area contributed by atoms with Crippen LogP contribution in [-0.2, 0) is 13.6 Å². The van der Waals surface area contributed by atoms with Crippen molar-refractivity contribution in [2.45, 2.75) is 20.4 Å². The summed E-state index contributed by atoms with van der Waals surface area (Å²) in [4.78, 5) is 12.1. The van der Waals surface area contributed by atoms with Crippen molar-refractivity contribution in [3.63, 3.8) is 0 Å². The predicted molar refractivity (Wildman–Crippen MR) is 76.9 cm³/mol. The van der Waals surface area contributed by atoms with Crippen molar-refractivity contribution in [3.8, 4) is 0 Å². The Morgan fingerprint density at radius 1 is 1.53 bits per heavy atom. The van der Waals surface area contributed by atoms with Gasteiger partial charge in [-0.1, -0.05) is 0 Å². The first-order chi connectivity index (χ1) is 9.02. The van der Waals surface area contributed by atoms with E-state index in [2.05, 4.69) is 26.1 Å². The Balaban J connectivity index is 2.23. The van der Waals surface area contributed by atoms with E-state index in [1.54, 1.807) is 33.9 Å². The molecule has 19 heavy (non-hydrogen) atoms. The molecule has 6 heteroatoms. The van der Waals surface area contributed by atoms with Crippen LogP contribution in [0.1, 0.15) is 28.7 Å². The standard InChI is InChI=1S/C13H15BrN4O/c1-4-18-8-10(9(2)16-18)13(19)6-5-12-11(14)7-15-17(12)3/h5-8H,4H2,1-3H3/b6-5+. The van der Waals surface area contributed by atoms with Gasteiger partial charge in [0, 0.05) is 19.8 Å². The highest BCUT2D eigenvalue weighted by molar-refractivity contribution is 9.10. The molecule has 5 nitrogen and oxygen atoms in total. The van der Waals surface area contributed by atoms with E-state index in [4.69, 9.17) is 0 Å². The Labute approximate surface area is 120 Å². The monoisotopic (exact) mass is 322 g/mol. The number of hydrogen-bond acceptors (Lipinski definition) is 3. The zero-order valence-electron chi connectivity index (χ0n) is 11.1. The summed E-state index contributed by atoms with van der Waals surface area (Å²) in [6, 6.07) is 0. The van der Waals surface area contributed by atoms with Gasteiger partial charge in [0.1, 0.15) is 0 Å². The Bertz CT molecular complexity index is 620. The maximum Gasteiger partial charge on any atom is 0.189 e. The minimum atomic E-state index is -0.0506. The van der Waals surface area contributed by atoms with Gasteiger partial charge in [0.15, 0.2) is 5.78 Å². The molecule has 0 N–H and O–H groups in total. The molecule has 0 aliphatic rings. The molecule has 2 heterocycles. The van der Waals surface area contributed by atoms with Crippen molar-refractivity contribution in [2.75, 3.05) is 0 Å². The summed E-state index contributed by atoms with van der Waals surface area (Å²) in [6.07, 6.45) is 6.78. The van der Waals surface area contributed by atoms with Crippen LogP contribution < -0.4 is 0 Å². The molecular formula is C13H15BrN4O. The van der Waals surface area contributed by atoms with Gasteiger partial charge in [-0.3, -0.25) is 14.2 Å². The van der Waals surface area contributed by atoms with Crippen molar-refractivity contribution in [3.05, 3.63) is 39.9 Å². The fourth-order valence-electron chi connectivity index (χ4n) is 1.77. The zero-order chi connectivity index (χ0) is 14.0. The van der Waals surface area contributed by atoms with Crippen LogP contribution in [0.25, 0.3) is 6.08 Å². The number of hydrogen-bond donors (Lipinski definition) is 0. The molecule has 0 spiro atoms. The van der Waals surface area contributed by atoms with E-state index >= 15 is 0 Å². The lowest BCUT2D eigenvalue weighted by atomic mass is 10.1. The molecule has 0 saturated carbocycles. The van der Waals surface area contributed by atoms with Gasteiger partial charge < -0.3 is 0 Å². The van der Waals surface area contributed by atoms with Crippen LogP contribution in [0.4, 0.5) is 0 Å². The quantitative estimate of drug-likeness (QED) is 0.642. The van der Waals surface area contributed by atoms with E-state index in [-0.39, 0.29) is 5.78 Å². The second kappa shape index (κ2) is 5.52. The first kappa shape index (κ1) is 13.7. The zero-order valence-corrected chi connectivity index (χ0v) is 12.7. The number of carbonyl (C=O) groups excluding carboxylic acids is 1. The molecule has 0 amide bonds. The van der Waals surface area contributed by atoms with Crippen LogP contribution in [0.15, 0.2) is 22.9 Å². The van der Waals surface area contributed by atoms with Gasteiger partial charge in [-0.25, -0.2) is 0 Å². The number of carbonyl (C=O) groups is 1. The number of aryl methyl sites for hydroxylation is 3. The number of rotatable bonds is 4. The lowest BCUT2D eigenvalue weighted by Gasteiger charge is -1.95. The highest BCUT2D eigenvalue weighted by Crippen LogP contribution is 2.17. The van der Waals surface area contributed by atoms with Crippen LogP contribution in [-0.4, -0.2) is 25.3 Å². The molecule has 0 aliphatic heterocycles. The SMILES string of the molecule is CCn1cc(C(=O)/C=C/c2c(Br)cnn2C)c(C)n1. The fraction of sp³-hybridized carbons (Fsp3) is 0.308. The van der Waals surface area contributed by atoms with Crippen molar-refractivity contribution in [2.24, 2.45) is 7.05 Å². The second-order valence-corrected chi connectivity index (χ2v) is 5.04. The highest BCUT2D eigenvalue weighted by Gasteiger charge is 2.11. The van der Waals surface area contributed by atoms with Crippen molar-refractivity contribution in [1.29, 1.82) is 0 Å². The normalized spacial score (nSPS) is 11.4. The molecule has 2 aromatic rings. The third-order valence-corrected chi connectivity index (χ3v) is 3.48. The van der Waals surface area contributed by atoms with E-state index in [0.717, 1.165) is 22.4 Å². The first-order valence-electron chi connectivity index (χ1n) is 5.97. The molecule has 0 fully saturated rings. The summed E-state index contributed by atoms with van der Waals surface area (Å²) in [5.41, 5.74) is 2.24. The topological polar surface area (TPSA) is 52.7 Å². The van der Waals surface area contributed by atoms with E-state index in [9.17, 15) is 4.79 Å². The fourth-order valence-corrected chi connectivity index (χ4v) is 2.25. The largest absolute Gasteiger partial charge is 0.289 e. The van der Waals surface area contributed by atoms with E-state index in [1.165, 1.54) is 0 Å². The van der Waals surface area contributed by atoms with Crippen LogP contribution >= 0.6 is 15.9 Å². The van der Waals surface area contributed by atoms with Crippen LogP contribution in [0.2, 0.25) is 0 Å². The lowest BCUT2D eigenvalue weighted by molar-refractivity contribution is 0.104. The molecule has 2 rings (SSSR count). The summed E-state index contributed by atoms with van der Waals surface area (Å²) in [7, 11) is 1.83. The van der Waals surface area contributed by atoms with Crippen molar-refractivity contribution < 1.29 is 4.79 Å². The number of ketones is 1. The molecule has 0 aliphatic carbocycles. The maximum absolute atomic E-state index is 12.1. The Kier molecular flexibility index (Phi) is 3.99. The smallest absolute Gasteiger partial charge is 0.189 e. The predicted octanol–water partition coefficient (Wildman–Crippen LogP) is 2.60. The molecule has 0 radical (unpaired) electrons. The number of allylic oxidation sites excluding steroid dienone is 1. The van der Waals surface area contributed by atoms with E-state index < -0.39 is 0 Å². The Morgan fingerprint density at radius 3 is 2.79 bits per heavy atom. The third kappa shape index (κ3) is 2.84. The average molecular weight is 323 g/mol. The first-order valence-corrected chi connectivity index (χ1v) is 6.76. The molecule has 0 bridgehead atoms. The minimum Gasteiger partial charge on any atom is -0.289 e. The van der Waals surface area contributed by atoms with Gasteiger partial charge in [0.2, 0.25) is 0 Å². The molecule has 0 saturated heterocycles. The second-order valence-electron chi connectivity index (χ2n) is 4.18. The van der Waals surface area contributed by atoms with Crippen molar-refractivity contribution in [1.82, 2.24) is 19.6 Å². The molecule has 0 atom stereocenters. The summed E-state index contributed by atoms with van der Waals surface area (Å²) < 4.78 is 4.33. The summed E-state index contributed by atoms with van der Waals surface area (Å²) in [5, 5.41) is 8.36. The molecule has 0 unspecified atom stereocenters. The van der Waals surface area contributed by atoms with Crippen LogP contribution in [0.3, 0.4) is 0 Å². The highest BCUT2D eigenvalue weighted by atomic mass is 79.9. The van der Waals surface area contributed by atoms with Gasteiger partial charge in [0.05, 0.1) is 27.6 Å². The van der Waals surface area contributed by atoms with Gasteiger partial charge in [-0.15, -0.1) is 0 Å². The van der Waals surface area contributed by atoms with Crippen LogP contribution in [0.5, 0.6) is 0 Å². The Morgan fingerprint density at radius 2 is 2.26 bits per heavy atom. The number of aromatic nitrogens is 4. The van der Waals surface area contributed by atoms with Gasteiger partial charge in [-0.05, 0) is 41.9 Å².